The summed E-state index contributed by atoms with van der Waals surface area (Å²) in [5, 5.41) is 6.12. The van der Waals surface area contributed by atoms with E-state index in [1.54, 1.807) is 11.0 Å². The average Bonchev–Trinajstić information content (AvgIpc) is 3.12. The molecule has 0 radical (unpaired) electrons. The van der Waals surface area contributed by atoms with E-state index in [0.29, 0.717) is 30.9 Å². The molecule has 3 heterocycles. The standard InChI is InChI=1S/C13H13F3N4O2S/c1-2-17-12(21)20-4-3-7-5-8(23-9(7)6-20)10-18-11(22-19-10)13(14,15)16/h5H,2-4,6H2,1H3,(H,17,21). The molecular formula is C13H13F3N4O2S. The zero-order chi connectivity index (χ0) is 16.6. The Morgan fingerprint density at radius 1 is 1.52 bits per heavy atom. The smallest absolute Gasteiger partial charge is 0.338 e. The van der Waals surface area contributed by atoms with Crippen LogP contribution in [0.1, 0.15) is 23.3 Å². The number of hydrogen-bond donors (Lipinski definition) is 1. The molecule has 0 spiro atoms. The summed E-state index contributed by atoms with van der Waals surface area (Å²) < 4.78 is 41.8. The summed E-state index contributed by atoms with van der Waals surface area (Å²) in [6.45, 7) is 3.37. The zero-order valence-corrected chi connectivity index (χ0v) is 12.9. The quantitative estimate of drug-likeness (QED) is 0.908. The van der Waals surface area contributed by atoms with Gasteiger partial charge in [-0.1, -0.05) is 5.16 Å². The molecule has 1 aliphatic rings. The summed E-state index contributed by atoms with van der Waals surface area (Å²) in [7, 11) is 0. The van der Waals surface area contributed by atoms with Gasteiger partial charge in [-0.05, 0) is 25.0 Å². The van der Waals surface area contributed by atoms with E-state index in [1.165, 1.54) is 11.3 Å². The van der Waals surface area contributed by atoms with Gasteiger partial charge in [-0.3, -0.25) is 0 Å². The van der Waals surface area contributed by atoms with Gasteiger partial charge in [0.2, 0.25) is 5.82 Å². The minimum atomic E-state index is -4.66. The third kappa shape index (κ3) is 3.16. The van der Waals surface area contributed by atoms with Crippen LogP contribution < -0.4 is 5.32 Å². The van der Waals surface area contributed by atoms with E-state index in [4.69, 9.17) is 0 Å². The second kappa shape index (κ2) is 5.84. The number of thiophene rings is 1. The molecule has 2 aromatic rings. The largest absolute Gasteiger partial charge is 0.471 e. The highest BCUT2D eigenvalue weighted by Crippen LogP contribution is 2.35. The van der Waals surface area contributed by atoms with Gasteiger partial charge in [0.1, 0.15) is 0 Å². The van der Waals surface area contributed by atoms with Crippen LogP contribution in [0.5, 0.6) is 0 Å². The lowest BCUT2D eigenvalue weighted by atomic mass is 10.1. The minimum Gasteiger partial charge on any atom is -0.338 e. The van der Waals surface area contributed by atoms with Crippen molar-refractivity contribution in [2.24, 2.45) is 0 Å². The Labute approximate surface area is 133 Å². The third-order valence-electron chi connectivity index (χ3n) is 3.39. The van der Waals surface area contributed by atoms with Crippen LogP contribution in [0.25, 0.3) is 10.7 Å². The van der Waals surface area contributed by atoms with Crippen LogP contribution in [-0.2, 0) is 19.1 Å². The summed E-state index contributed by atoms with van der Waals surface area (Å²) in [5.74, 6) is -1.44. The number of carbonyl (C=O) groups excluding carboxylic acids is 1. The molecule has 6 nitrogen and oxygen atoms in total. The van der Waals surface area contributed by atoms with Crippen molar-refractivity contribution < 1.29 is 22.5 Å². The fraction of sp³-hybridized carbons (Fsp3) is 0.462. The number of nitrogens with one attached hydrogen (secondary N) is 1. The van der Waals surface area contributed by atoms with Crippen molar-refractivity contribution in [3.63, 3.8) is 0 Å². The first-order valence-electron chi connectivity index (χ1n) is 6.94. The van der Waals surface area contributed by atoms with Crippen molar-refractivity contribution in [2.75, 3.05) is 13.1 Å². The highest BCUT2D eigenvalue weighted by molar-refractivity contribution is 7.15. The fourth-order valence-electron chi connectivity index (χ4n) is 2.30. The number of hydrogen-bond acceptors (Lipinski definition) is 5. The molecule has 2 aromatic heterocycles. The Balaban J connectivity index is 1.81. The topological polar surface area (TPSA) is 71.3 Å². The summed E-state index contributed by atoms with van der Waals surface area (Å²) in [4.78, 5) is 18.3. The highest BCUT2D eigenvalue weighted by atomic mass is 32.1. The first-order chi connectivity index (χ1) is 10.9. The van der Waals surface area contributed by atoms with E-state index in [0.717, 1.165) is 10.4 Å². The van der Waals surface area contributed by atoms with Crippen LogP contribution in [0.2, 0.25) is 0 Å². The summed E-state index contributed by atoms with van der Waals surface area (Å²) >= 11 is 1.28. The second-order valence-electron chi connectivity index (χ2n) is 4.99. The van der Waals surface area contributed by atoms with Gasteiger partial charge in [-0.2, -0.15) is 18.2 Å². The van der Waals surface area contributed by atoms with Gasteiger partial charge in [-0.15, -0.1) is 11.3 Å². The predicted molar refractivity (Wildman–Crippen MR) is 75.8 cm³/mol. The number of alkyl halides is 3. The molecule has 1 N–H and O–H groups in total. The molecule has 0 fully saturated rings. The van der Waals surface area contributed by atoms with E-state index in [9.17, 15) is 18.0 Å². The molecular weight excluding hydrogens is 333 g/mol. The number of nitrogens with zero attached hydrogens (tertiary/aromatic N) is 3. The lowest BCUT2D eigenvalue weighted by Crippen LogP contribution is -2.42. The zero-order valence-electron chi connectivity index (χ0n) is 12.1. The molecule has 23 heavy (non-hydrogen) atoms. The Hall–Kier alpha value is -2.10. The number of urea groups is 1. The van der Waals surface area contributed by atoms with Crippen LogP contribution in [-0.4, -0.2) is 34.2 Å². The SMILES string of the molecule is CCNC(=O)N1CCc2cc(-c3noc(C(F)(F)F)n3)sc2C1. The number of aromatic nitrogens is 2. The van der Waals surface area contributed by atoms with Crippen LogP contribution in [0.15, 0.2) is 10.6 Å². The van der Waals surface area contributed by atoms with E-state index >= 15 is 0 Å². The van der Waals surface area contributed by atoms with Crippen LogP contribution in [0.3, 0.4) is 0 Å². The van der Waals surface area contributed by atoms with Gasteiger partial charge >= 0.3 is 18.1 Å². The number of carbonyl (C=O) groups is 1. The lowest BCUT2D eigenvalue weighted by Gasteiger charge is -2.26. The van der Waals surface area contributed by atoms with Crippen molar-refractivity contribution in [2.45, 2.75) is 26.1 Å². The van der Waals surface area contributed by atoms with Crippen molar-refractivity contribution in [1.82, 2.24) is 20.4 Å². The number of amides is 2. The second-order valence-corrected chi connectivity index (χ2v) is 6.12. The number of rotatable bonds is 2. The maximum absolute atomic E-state index is 12.5. The monoisotopic (exact) mass is 346 g/mol. The molecule has 0 saturated carbocycles. The molecule has 0 unspecified atom stereocenters. The molecule has 3 rings (SSSR count). The highest BCUT2D eigenvalue weighted by Gasteiger charge is 2.38. The molecule has 0 saturated heterocycles. The molecule has 0 atom stereocenters. The first kappa shape index (κ1) is 15.8. The van der Waals surface area contributed by atoms with Crippen molar-refractivity contribution >= 4 is 17.4 Å². The maximum atomic E-state index is 12.5. The van der Waals surface area contributed by atoms with E-state index in [-0.39, 0.29) is 11.9 Å². The van der Waals surface area contributed by atoms with E-state index in [2.05, 4.69) is 20.0 Å². The summed E-state index contributed by atoms with van der Waals surface area (Å²) in [6, 6.07) is 1.62. The Kier molecular flexibility index (Phi) is 4.00. The lowest BCUT2D eigenvalue weighted by molar-refractivity contribution is -0.159. The molecule has 0 aliphatic carbocycles. The Morgan fingerprint density at radius 3 is 2.96 bits per heavy atom. The van der Waals surface area contributed by atoms with E-state index in [1.807, 2.05) is 6.92 Å². The molecule has 2 amide bonds. The summed E-state index contributed by atoms with van der Waals surface area (Å²) in [6.07, 6.45) is -4.01. The minimum absolute atomic E-state index is 0.0821. The van der Waals surface area contributed by atoms with Crippen LogP contribution in [0.4, 0.5) is 18.0 Å². The predicted octanol–water partition coefficient (Wildman–Crippen LogP) is 2.90. The van der Waals surface area contributed by atoms with Gasteiger partial charge in [-0.25, -0.2) is 4.79 Å². The van der Waals surface area contributed by atoms with Crippen molar-refractivity contribution in [3.8, 4) is 10.7 Å². The molecule has 1 aliphatic heterocycles. The average molecular weight is 346 g/mol. The van der Waals surface area contributed by atoms with E-state index < -0.39 is 12.1 Å². The normalized spacial score (nSPS) is 14.7. The maximum Gasteiger partial charge on any atom is 0.471 e. The number of halogens is 3. The molecule has 0 aromatic carbocycles. The molecule has 0 bridgehead atoms. The van der Waals surface area contributed by atoms with Crippen molar-refractivity contribution in [1.29, 1.82) is 0 Å². The van der Waals surface area contributed by atoms with Crippen molar-refractivity contribution in [3.05, 3.63) is 22.4 Å². The van der Waals surface area contributed by atoms with Crippen LogP contribution in [0, 0.1) is 0 Å². The van der Waals surface area contributed by atoms with Gasteiger partial charge in [0, 0.05) is 18.0 Å². The molecule has 10 heteroatoms. The Morgan fingerprint density at radius 2 is 2.30 bits per heavy atom. The van der Waals surface area contributed by atoms with Gasteiger partial charge in [0.25, 0.3) is 0 Å². The fourth-order valence-corrected chi connectivity index (χ4v) is 3.46. The van der Waals surface area contributed by atoms with Gasteiger partial charge in [0.15, 0.2) is 0 Å². The Bertz CT molecular complexity index is 725. The van der Waals surface area contributed by atoms with Gasteiger partial charge < -0.3 is 14.7 Å². The first-order valence-corrected chi connectivity index (χ1v) is 7.75. The molecule has 124 valence electrons. The number of fused-ring (bicyclic) bond motifs is 1. The summed E-state index contributed by atoms with van der Waals surface area (Å²) in [5.41, 5.74) is 1.00. The van der Waals surface area contributed by atoms with Crippen LogP contribution >= 0.6 is 11.3 Å². The van der Waals surface area contributed by atoms with Gasteiger partial charge in [0.05, 0.1) is 11.4 Å². The third-order valence-corrected chi connectivity index (χ3v) is 4.54.